The second kappa shape index (κ2) is 6.90. The van der Waals surface area contributed by atoms with Crippen LogP contribution in [0.15, 0.2) is 35.1 Å². The zero-order valence-corrected chi connectivity index (χ0v) is 11.8. The lowest BCUT2D eigenvalue weighted by Crippen LogP contribution is -2.16. The Morgan fingerprint density at radius 3 is 2.62 bits per heavy atom. The molecule has 0 radical (unpaired) electrons. The Balaban J connectivity index is 2.39. The van der Waals surface area contributed by atoms with Crippen molar-refractivity contribution < 1.29 is 14.6 Å². The molecule has 2 aromatic rings. The average Bonchev–Trinajstić information content (AvgIpc) is 2.81. The number of para-hydroxylation sites is 1. The quantitative estimate of drug-likeness (QED) is 0.762. The molecule has 0 aliphatic rings. The molecule has 0 spiro atoms. The number of nitrogens with one attached hydrogen (secondary N) is 1. The number of rotatable bonds is 7. The minimum absolute atomic E-state index is 0.0405. The van der Waals surface area contributed by atoms with E-state index in [4.69, 9.17) is 4.74 Å². The van der Waals surface area contributed by atoms with Gasteiger partial charge in [-0.05, 0) is 31.4 Å². The van der Waals surface area contributed by atoms with E-state index >= 15 is 0 Å². The predicted molar refractivity (Wildman–Crippen MR) is 78.2 cm³/mol. The van der Waals surface area contributed by atoms with Gasteiger partial charge in [0.1, 0.15) is 5.69 Å². The number of aromatic nitrogens is 2. The van der Waals surface area contributed by atoms with Gasteiger partial charge in [0.05, 0.1) is 11.4 Å². The van der Waals surface area contributed by atoms with Crippen LogP contribution in [0.5, 0.6) is 0 Å². The monoisotopic (exact) mass is 290 g/mol. The molecule has 6 nitrogen and oxygen atoms in total. The molecule has 1 aromatic heterocycles. The summed E-state index contributed by atoms with van der Waals surface area (Å²) >= 11 is 0. The van der Waals surface area contributed by atoms with Crippen LogP contribution >= 0.6 is 0 Å². The summed E-state index contributed by atoms with van der Waals surface area (Å²) in [6.07, 6.45) is 2.06. The normalized spacial score (nSPS) is 10.7. The zero-order valence-electron chi connectivity index (χ0n) is 11.8. The van der Waals surface area contributed by atoms with Gasteiger partial charge in [-0.15, -0.1) is 0 Å². The van der Waals surface area contributed by atoms with E-state index in [-0.39, 0.29) is 5.69 Å². The van der Waals surface area contributed by atoms with Crippen LogP contribution in [0.2, 0.25) is 0 Å². The highest BCUT2D eigenvalue weighted by Crippen LogP contribution is 2.15. The van der Waals surface area contributed by atoms with E-state index in [0.29, 0.717) is 24.4 Å². The molecule has 0 unspecified atom stereocenters. The summed E-state index contributed by atoms with van der Waals surface area (Å²) in [5, 5.41) is 9.24. The maximum atomic E-state index is 12.1. The number of H-pyrrole nitrogens is 1. The predicted octanol–water partition coefficient (Wildman–Crippen LogP) is 1.83. The van der Waals surface area contributed by atoms with E-state index in [9.17, 15) is 14.7 Å². The summed E-state index contributed by atoms with van der Waals surface area (Å²) in [4.78, 5) is 25.8. The highest BCUT2D eigenvalue weighted by atomic mass is 16.5. The van der Waals surface area contributed by atoms with Crippen molar-refractivity contribution in [1.82, 2.24) is 9.55 Å². The van der Waals surface area contributed by atoms with Crippen molar-refractivity contribution in [2.75, 3.05) is 13.7 Å². The van der Waals surface area contributed by atoms with Crippen molar-refractivity contribution in [2.24, 2.45) is 0 Å². The minimum atomic E-state index is -1.12. The average molecular weight is 290 g/mol. The molecule has 0 amide bonds. The molecule has 0 saturated heterocycles. The summed E-state index contributed by atoms with van der Waals surface area (Å²) in [5.74, 6) is -1.12. The number of carbonyl (C=O) groups is 1. The van der Waals surface area contributed by atoms with Gasteiger partial charge >= 0.3 is 11.7 Å². The Hall–Kier alpha value is -2.34. The van der Waals surface area contributed by atoms with E-state index < -0.39 is 11.7 Å². The van der Waals surface area contributed by atoms with Crippen molar-refractivity contribution >= 4 is 5.97 Å². The smallest absolute Gasteiger partial charge is 0.354 e. The number of carboxylic acid groups (broad SMARTS) is 1. The largest absolute Gasteiger partial charge is 0.477 e. The Kier molecular flexibility index (Phi) is 4.94. The summed E-state index contributed by atoms with van der Waals surface area (Å²) in [5.41, 5.74) is 0.685. The molecule has 0 fully saturated rings. The number of methoxy groups -OCH3 is 1. The number of aromatic carboxylic acids is 1. The molecule has 2 N–H and O–H groups in total. The van der Waals surface area contributed by atoms with Crippen LogP contribution < -0.4 is 5.69 Å². The van der Waals surface area contributed by atoms with Crippen LogP contribution in [-0.4, -0.2) is 34.3 Å². The van der Waals surface area contributed by atoms with Gasteiger partial charge in [0.15, 0.2) is 0 Å². The number of hydrogen-bond acceptors (Lipinski definition) is 3. The summed E-state index contributed by atoms with van der Waals surface area (Å²) in [6.45, 7) is 0.613. The third-order valence-electron chi connectivity index (χ3n) is 3.23. The summed E-state index contributed by atoms with van der Waals surface area (Å²) < 4.78 is 6.41. The fourth-order valence-electron chi connectivity index (χ4n) is 2.27. The fourth-order valence-corrected chi connectivity index (χ4v) is 2.27. The van der Waals surface area contributed by atoms with Gasteiger partial charge in [0.25, 0.3) is 0 Å². The van der Waals surface area contributed by atoms with Crippen molar-refractivity contribution in [1.29, 1.82) is 0 Å². The third kappa shape index (κ3) is 3.41. The minimum Gasteiger partial charge on any atom is -0.477 e. The second-order valence-electron chi connectivity index (χ2n) is 4.68. The number of imidazole rings is 1. The maximum Gasteiger partial charge on any atom is 0.354 e. The number of benzene rings is 1. The van der Waals surface area contributed by atoms with E-state index in [2.05, 4.69) is 4.98 Å². The number of ether oxygens (including phenoxy) is 1. The molecule has 0 bridgehead atoms. The van der Waals surface area contributed by atoms with Crippen LogP contribution in [0, 0.1) is 0 Å². The molecule has 0 atom stereocenters. The van der Waals surface area contributed by atoms with Crippen molar-refractivity contribution in [3.63, 3.8) is 0 Å². The van der Waals surface area contributed by atoms with Gasteiger partial charge in [-0.3, -0.25) is 9.55 Å². The van der Waals surface area contributed by atoms with Crippen LogP contribution in [-0.2, 0) is 11.2 Å². The Bertz CT molecular complexity index is 658. The van der Waals surface area contributed by atoms with Crippen LogP contribution in [0.3, 0.4) is 0 Å². The van der Waals surface area contributed by atoms with E-state index in [1.165, 1.54) is 4.57 Å². The Morgan fingerprint density at radius 2 is 2.00 bits per heavy atom. The standard InChI is InChI=1S/C15H18N2O4/c1-21-10-6-5-9-12-13(14(18)19)16-15(20)17(12)11-7-3-2-4-8-11/h2-4,7-8H,5-6,9-10H2,1H3,(H,16,20)(H,18,19). The number of unbranched alkanes of at least 4 members (excludes halogenated alkanes) is 1. The van der Waals surface area contributed by atoms with Crippen molar-refractivity contribution in [3.05, 3.63) is 52.2 Å². The first-order valence-corrected chi connectivity index (χ1v) is 6.76. The van der Waals surface area contributed by atoms with Crippen molar-refractivity contribution in [2.45, 2.75) is 19.3 Å². The zero-order chi connectivity index (χ0) is 15.2. The first kappa shape index (κ1) is 15.1. The highest BCUT2D eigenvalue weighted by Gasteiger charge is 2.19. The van der Waals surface area contributed by atoms with E-state index in [1.54, 1.807) is 19.2 Å². The molecule has 112 valence electrons. The van der Waals surface area contributed by atoms with Gasteiger partial charge in [-0.2, -0.15) is 0 Å². The number of aromatic amines is 1. The fraction of sp³-hybridized carbons (Fsp3) is 0.333. The molecule has 0 aliphatic carbocycles. The number of hydrogen-bond donors (Lipinski definition) is 2. The lowest BCUT2D eigenvalue weighted by Gasteiger charge is -2.08. The maximum absolute atomic E-state index is 12.1. The molecule has 1 heterocycles. The molecule has 0 aliphatic heterocycles. The van der Waals surface area contributed by atoms with Gasteiger partial charge in [0, 0.05) is 13.7 Å². The van der Waals surface area contributed by atoms with Gasteiger partial charge in [-0.1, -0.05) is 18.2 Å². The molecule has 21 heavy (non-hydrogen) atoms. The molecule has 1 aromatic carbocycles. The number of nitrogens with zero attached hydrogens (tertiary/aromatic N) is 1. The first-order valence-electron chi connectivity index (χ1n) is 6.76. The van der Waals surface area contributed by atoms with Crippen molar-refractivity contribution in [3.8, 4) is 5.69 Å². The lowest BCUT2D eigenvalue weighted by atomic mass is 10.1. The lowest BCUT2D eigenvalue weighted by molar-refractivity contribution is 0.0689. The molecule has 2 rings (SSSR count). The van der Waals surface area contributed by atoms with Gasteiger partial charge in [-0.25, -0.2) is 9.59 Å². The molecular weight excluding hydrogens is 272 g/mol. The second-order valence-corrected chi connectivity index (χ2v) is 4.68. The number of carboxylic acids is 1. The van der Waals surface area contributed by atoms with Crippen LogP contribution in [0.4, 0.5) is 0 Å². The molecule has 0 saturated carbocycles. The highest BCUT2D eigenvalue weighted by molar-refractivity contribution is 5.86. The summed E-state index contributed by atoms with van der Waals surface area (Å²) in [7, 11) is 1.62. The first-order chi connectivity index (χ1) is 10.1. The van der Waals surface area contributed by atoms with Gasteiger partial charge < -0.3 is 9.84 Å². The van der Waals surface area contributed by atoms with Gasteiger partial charge in [0.2, 0.25) is 0 Å². The molecular formula is C15H18N2O4. The Morgan fingerprint density at radius 1 is 1.29 bits per heavy atom. The topological polar surface area (TPSA) is 84.3 Å². The molecule has 6 heteroatoms. The summed E-state index contributed by atoms with van der Waals surface area (Å²) in [6, 6.07) is 9.02. The van der Waals surface area contributed by atoms with Crippen LogP contribution in [0.1, 0.15) is 29.0 Å². The van der Waals surface area contributed by atoms with E-state index in [0.717, 1.165) is 12.8 Å². The third-order valence-corrected chi connectivity index (χ3v) is 3.23. The SMILES string of the molecule is COCCCCc1c(C(=O)O)[nH]c(=O)n1-c1ccccc1. The Labute approximate surface area is 122 Å². The van der Waals surface area contributed by atoms with E-state index in [1.807, 2.05) is 18.2 Å². The van der Waals surface area contributed by atoms with Crippen LogP contribution in [0.25, 0.3) is 5.69 Å².